The van der Waals surface area contributed by atoms with Gasteiger partial charge in [-0.1, -0.05) is 27.7 Å². The number of aldehydes is 1. The third-order valence-corrected chi connectivity index (χ3v) is 3.17. The summed E-state index contributed by atoms with van der Waals surface area (Å²) in [4.78, 5) is 13.5. The SMILES string of the molecule is CCCN(CCC)c1ccc(C=O)c(C(C)C)c1. The highest BCUT2D eigenvalue weighted by atomic mass is 16.1. The molecule has 2 nitrogen and oxygen atoms in total. The normalized spacial score (nSPS) is 10.7. The molecule has 1 rings (SSSR count). The molecule has 0 aliphatic heterocycles. The van der Waals surface area contributed by atoms with Gasteiger partial charge in [-0.2, -0.15) is 0 Å². The van der Waals surface area contributed by atoms with Crippen molar-refractivity contribution in [1.82, 2.24) is 0 Å². The van der Waals surface area contributed by atoms with Crippen molar-refractivity contribution in [2.45, 2.75) is 46.5 Å². The highest BCUT2D eigenvalue weighted by Crippen LogP contribution is 2.25. The maximum atomic E-state index is 11.1. The summed E-state index contributed by atoms with van der Waals surface area (Å²) < 4.78 is 0. The Labute approximate surface area is 111 Å². The third-order valence-electron chi connectivity index (χ3n) is 3.17. The lowest BCUT2D eigenvalue weighted by atomic mass is 9.97. The second kappa shape index (κ2) is 7.20. The fraction of sp³-hybridized carbons (Fsp3) is 0.562. The summed E-state index contributed by atoms with van der Waals surface area (Å²) in [5, 5.41) is 0. The van der Waals surface area contributed by atoms with Crippen LogP contribution in [0.3, 0.4) is 0 Å². The quantitative estimate of drug-likeness (QED) is 0.671. The molecule has 0 atom stereocenters. The van der Waals surface area contributed by atoms with Gasteiger partial charge in [0.2, 0.25) is 0 Å². The van der Waals surface area contributed by atoms with Crippen molar-refractivity contribution in [3.8, 4) is 0 Å². The van der Waals surface area contributed by atoms with Gasteiger partial charge in [0, 0.05) is 24.3 Å². The Bertz CT molecular complexity index is 379. The zero-order valence-electron chi connectivity index (χ0n) is 12.1. The highest BCUT2D eigenvalue weighted by Gasteiger charge is 2.10. The molecular formula is C16H25NO. The van der Waals surface area contributed by atoms with Crippen LogP contribution in [0.4, 0.5) is 5.69 Å². The number of hydrogen-bond acceptors (Lipinski definition) is 2. The summed E-state index contributed by atoms with van der Waals surface area (Å²) >= 11 is 0. The predicted octanol–water partition coefficient (Wildman–Crippen LogP) is 4.25. The molecule has 1 aromatic carbocycles. The van der Waals surface area contributed by atoms with Gasteiger partial charge in [0.25, 0.3) is 0 Å². The minimum atomic E-state index is 0.384. The standard InChI is InChI=1S/C16H25NO/c1-5-9-17(10-6-2)15-8-7-14(12-18)16(11-15)13(3)4/h7-8,11-13H,5-6,9-10H2,1-4H3. The lowest BCUT2D eigenvalue weighted by Crippen LogP contribution is -2.25. The van der Waals surface area contributed by atoms with Crippen LogP contribution in [0.5, 0.6) is 0 Å². The van der Waals surface area contributed by atoms with Gasteiger partial charge in [0.05, 0.1) is 0 Å². The van der Waals surface area contributed by atoms with Gasteiger partial charge in [-0.05, 0) is 42.5 Å². The summed E-state index contributed by atoms with van der Waals surface area (Å²) in [7, 11) is 0. The largest absolute Gasteiger partial charge is 0.372 e. The molecule has 0 heterocycles. The fourth-order valence-corrected chi connectivity index (χ4v) is 2.28. The Hall–Kier alpha value is -1.31. The van der Waals surface area contributed by atoms with Crippen LogP contribution in [-0.2, 0) is 0 Å². The lowest BCUT2D eigenvalue weighted by Gasteiger charge is -2.25. The van der Waals surface area contributed by atoms with E-state index in [4.69, 9.17) is 0 Å². The van der Waals surface area contributed by atoms with Crippen molar-refractivity contribution in [3.05, 3.63) is 29.3 Å². The van der Waals surface area contributed by atoms with Gasteiger partial charge in [0.1, 0.15) is 6.29 Å². The minimum absolute atomic E-state index is 0.384. The van der Waals surface area contributed by atoms with E-state index in [1.54, 1.807) is 0 Å². The van der Waals surface area contributed by atoms with Crippen LogP contribution in [0.2, 0.25) is 0 Å². The number of benzene rings is 1. The van der Waals surface area contributed by atoms with Gasteiger partial charge in [-0.3, -0.25) is 4.79 Å². The molecule has 0 aliphatic carbocycles. The van der Waals surface area contributed by atoms with Crippen LogP contribution in [0, 0.1) is 0 Å². The molecule has 0 saturated heterocycles. The number of nitrogens with zero attached hydrogens (tertiary/aromatic N) is 1. The Balaban J connectivity index is 3.08. The van der Waals surface area contributed by atoms with Gasteiger partial charge in [-0.25, -0.2) is 0 Å². The first-order chi connectivity index (χ1) is 8.63. The fourth-order valence-electron chi connectivity index (χ4n) is 2.28. The maximum Gasteiger partial charge on any atom is 0.150 e. The molecule has 0 bridgehead atoms. The van der Waals surface area contributed by atoms with E-state index >= 15 is 0 Å². The summed E-state index contributed by atoms with van der Waals surface area (Å²) in [6, 6.07) is 6.20. The molecule has 18 heavy (non-hydrogen) atoms. The number of hydrogen-bond donors (Lipinski definition) is 0. The Kier molecular flexibility index (Phi) is 5.90. The van der Waals surface area contributed by atoms with E-state index in [1.165, 1.54) is 5.69 Å². The van der Waals surface area contributed by atoms with Crippen LogP contribution in [0.15, 0.2) is 18.2 Å². The van der Waals surface area contributed by atoms with Gasteiger partial charge < -0.3 is 4.90 Å². The summed E-state index contributed by atoms with van der Waals surface area (Å²) in [6.07, 6.45) is 3.25. The summed E-state index contributed by atoms with van der Waals surface area (Å²) in [6.45, 7) is 10.8. The van der Waals surface area contributed by atoms with Crippen molar-refractivity contribution in [2.75, 3.05) is 18.0 Å². The van der Waals surface area contributed by atoms with E-state index in [1.807, 2.05) is 6.07 Å². The topological polar surface area (TPSA) is 20.3 Å². The van der Waals surface area contributed by atoms with Gasteiger partial charge >= 0.3 is 0 Å². The average Bonchev–Trinajstić information content (AvgIpc) is 2.37. The van der Waals surface area contributed by atoms with E-state index in [9.17, 15) is 4.79 Å². The van der Waals surface area contributed by atoms with Crippen molar-refractivity contribution in [2.24, 2.45) is 0 Å². The molecular weight excluding hydrogens is 222 g/mol. The lowest BCUT2D eigenvalue weighted by molar-refractivity contribution is 0.112. The van der Waals surface area contributed by atoms with Gasteiger partial charge in [-0.15, -0.1) is 0 Å². The van der Waals surface area contributed by atoms with Crippen LogP contribution in [-0.4, -0.2) is 19.4 Å². The summed E-state index contributed by atoms with van der Waals surface area (Å²) in [5.41, 5.74) is 3.22. The minimum Gasteiger partial charge on any atom is -0.372 e. The van der Waals surface area contributed by atoms with E-state index in [0.717, 1.165) is 43.3 Å². The molecule has 0 aromatic heterocycles. The molecule has 2 heteroatoms. The zero-order valence-corrected chi connectivity index (χ0v) is 12.1. The predicted molar refractivity (Wildman–Crippen MR) is 78.7 cm³/mol. The van der Waals surface area contributed by atoms with Crippen LogP contribution in [0.25, 0.3) is 0 Å². The molecule has 0 radical (unpaired) electrons. The molecule has 0 amide bonds. The average molecular weight is 247 g/mol. The first kappa shape index (κ1) is 14.7. The van der Waals surface area contributed by atoms with Crippen molar-refractivity contribution >= 4 is 12.0 Å². The Morgan fingerprint density at radius 1 is 1.17 bits per heavy atom. The molecule has 100 valence electrons. The number of anilines is 1. The monoisotopic (exact) mass is 247 g/mol. The second-order valence-electron chi connectivity index (χ2n) is 5.07. The molecule has 0 spiro atoms. The maximum absolute atomic E-state index is 11.1. The van der Waals surface area contributed by atoms with E-state index < -0.39 is 0 Å². The zero-order chi connectivity index (χ0) is 13.5. The van der Waals surface area contributed by atoms with Crippen molar-refractivity contribution in [1.29, 1.82) is 0 Å². The molecule has 0 saturated carbocycles. The molecule has 0 fully saturated rings. The van der Waals surface area contributed by atoms with Crippen LogP contribution >= 0.6 is 0 Å². The molecule has 1 aromatic rings. The summed E-state index contributed by atoms with van der Waals surface area (Å²) in [5.74, 6) is 0.384. The van der Waals surface area contributed by atoms with Crippen molar-refractivity contribution in [3.63, 3.8) is 0 Å². The Morgan fingerprint density at radius 2 is 1.78 bits per heavy atom. The molecule has 0 unspecified atom stereocenters. The number of carbonyl (C=O) groups is 1. The number of rotatable bonds is 7. The highest BCUT2D eigenvalue weighted by molar-refractivity contribution is 5.79. The van der Waals surface area contributed by atoms with Crippen LogP contribution in [0.1, 0.15) is 62.4 Å². The second-order valence-corrected chi connectivity index (χ2v) is 5.07. The van der Waals surface area contributed by atoms with E-state index in [2.05, 4.69) is 44.7 Å². The van der Waals surface area contributed by atoms with E-state index in [-0.39, 0.29) is 0 Å². The first-order valence-corrected chi connectivity index (χ1v) is 6.98. The third kappa shape index (κ3) is 3.59. The first-order valence-electron chi connectivity index (χ1n) is 6.98. The van der Waals surface area contributed by atoms with Crippen molar-refractivity contribution < 1.29 is 4.79 Å². The van der Waals surface area contributed by atoms with Crippen LogP contribution < -0.4 is 4.90 Å². The smallest absolute Gasteiger partial charge is 0.150 e. The molecule has 0 aliphatic rings. The van der Waals surface area contributed by atoms with Gasteiger partial charge in [0.15, 0.2) is 0 Å². The Morgan fingerprint density at radius 3 is 2.22 bits per heavy atom. The number of carbonyl (C=O) groups excluding carboxylic acids is 1. The van der Waals surface area contributed by atoms with E-state index in [0.29, 0.717) is 5.92 Å². The molecule has 0 N–H and O–H groups in total.